The minimum atomic E-state index is -0.146. The summed E-state index contributed by atoms with van der Waals surface area (Å²) < 4.78 is 5.07. The Morgan fingerprint density at radius 3 is 2.60 bits per heavy atom. The molecule has 0 bridgehead atoms. The Morgan fingerprint density at radius 1 is 1.53 bits per heavy atom. The van der Waals surface area contributed by atoms with Crippen molar-refractivity contribution < 1.29 is 14.9 Å². The molecule has 4 heteroatoms. The summed E-state index contributed by atoms with van der Waals surface area (Å²) in [4.78, 5) is 0. The van der Waals surface area contributed by atoms with Crippen LogP contribution in [0.15, 0.2) is 6.07 Å². The zero-order valence-corrected chi connectivity index (χ0v) is 9.80. The fourth-order valence-corrected chi connectivity index (χ4v) is 1.83. The van der Waals surface area contributed by atoms with Gasteiger partial charge in [0.1, 0.15) is 11.5 Å². The summed E-state index contributed by atoms with van der Waals surface area (Å²) in [6.45, 7) is 3.51. The second-order valence-electron chi connectivity index (χ2n) is 3.54. The van der Waals surface area contributed by atoms with Gasteiger partial charge in [-0.25, -0.2) is 0 Å². The number of hydrogen-bond donors (Lipinski definition) is 2. The van der Waals surface area contributed by atoms with Crippen LogP contribution in [0.3, 0.4) is 0 Å². The number of methoxy groups -OCH3 is 1. The molecule has 0 spiro atoms. The highest BCUT2D eigenvalue weighted by Crippen LogP contribution is 2.39. The minimum absolute atomic E-state index is 0.0321. The van der Waals surface area contributed by atoms with Gasteiger partial charge >= 0.3 is 0 Å². The van der Waals surface area contributed by atoms with Gasteiger partial charge in [-0.05, 0) is 13.0 Å². The van der Waals surface area contributed by atoms with Crippen molar-refractivity contribution in [3.63, 3.8) is 0 Å². The topological polar surface area (TPSA) is 49.7 Å². The average molecular weight is 231 g/mol. The number of aromatic hydroxyl groups is 1. The lowest BCUT2D eigenvalue weighted by molar-refractivity contribution is 0.270. The maximum Gasteiger partial charge on any atom is 0.144 e. The number of rotatable bonds is 3. The molecule has 0 heterocycles. The van der Waals surface area contributed by atoms with Crippen molar-refractivity contribution in [1.82, 2.24) is 0 Å². The van der Waals surface area contributed by atoms with E-state index in [1.54, 1.807) is 13.0 Å². The molecule has 0 aliphatic rings. The van der Waals surface area contributed by atoms with E-state index in [1.165, 1.54) is 7.11 Å². The second-order valence-corrected chi connectivity index (χ2v) is 3.95. The highest BCUT2D eigenvalue weighted by Gasteiger charge is 2.17. The van der Waals surface area contributed by atoms with E-state index in [0.717, 1.165) is 0 Å². The summed E-state index contributed by atoms with van der Waals surface area (Å²) in [5.41, 5.74) is 1.24. The highest BCUT2D eigenvalue weighted by atomic mass is 35.5. The molecular formula is C11H15ClO3. The Labute approximate surface area is 94.3 Å². The molecule has 0 saturated heterocycles. The monoisotopic (exact) mass is 230 g/mol. The first kappa shape index (κ1) is 12.1. The van der Waals surface area contributed by atoms with E-state index in [9.17, 15) is 5.11 Å². The molecule has 1 atom stereocenters. The van der Waals surface area contributed by atoms with Gasteiger partial charge in [0.2, 0.25) is 0 Å². The Hall–Kier alpha value is -0.930. The average Bonchev–Trinajstić information content (AvgIpc) is 2.23. The lowest BCUT2D eigenvalue weighted by atomic mass is 9.98. The van der Waals surface area contributed by atoms with Crippen LogP contribution in [-0.4, -0.2) is 23.9 Å². The maximum absolute atomic E-state index is 9.89. The highest BCUT2D eigenvalue weighted by molar-refractivity contribution is 6.32. The number of phenols is 1. The van der Waals surface area contributed by atoms with Gasteiger partial charge in [-0.15, -0.1) is 0 Å². The maximum atomic E-state index is 9.89. The molecule has 3 nitrogen and oxygen atoms in total. The largest absolute Gasteiger partial charge is 0.507 e. The van der Waals surface area contributed by atoms with Gasteiger partial charge in [0.25, 0.3) is 0 Å². The van der Waals surface area contributed by atoms with Crippen molar-refractivity contribution in [1.29, 1.82) is 0 Å². The molecule has 0 aliphatic carbocycles. The molecule has 0 fully saturated rings. The van der Waals surface area contributed by atoms with Crippen molar-refractivity contribution in [3.8, 4) is 11.5 Å². The second kappa shape index (κ2) is 4.73. The van der Waals surface area contributed by atoms with Crippen LogP contribution in [0.4, 0.5) is 0 Å². The SMILES string of the molecule is COc1c(Cl)cc(C(C)CO)c(O)c1C. The molecule has 0 radical (unpaired) electrons. The lowest BCUT2D eigenvalue weighted by Crippen LogP contribution is -2.01. The number of phenolic OH excluding ortho intramolecular Hbond substituents is 1. The van der Waals surface area contributed by atoms with Gasteiger partial charge in [0.05, 0.1) is 12.1 Å². The molecule has 0 aliphatic heterocycles. The molecule has 0 aromatic heterocycles. The number of ether oxygens (including phenoxy) is 1. The van der Waals surface area contributed by atoms with E-state index < -0.39 is 0 Å². The molecule has 84 valence electrons. The van der Waals surface area contributed by atoms with Crippen LogP contribution in [0.5, 0.6) is 11.5 Å². The third-order valence-electron chi connectivity index (χ3n) is 2.48. The summed E-state index contributed by atoms with van der Waals surface area (Å²) in [5, 5.41) is 19.4. The predicted molar refractivity (Wildman–Crippen MR) is 59.9 cm³/mol. The van der Waals surface area contributed by atoms with Crippen LogP contribution in [-0.2, 0) is 0 Å². The zero-order chi connectivity index (χ0) is 11.6. The Balaban J connectivity index is 3.33. The van der Waals surface area contributed by atoms with Gasteiger partial charge in [-0.2, -0.15) is 0 Å². The molecule has 1 aromatic carbocycles. The molecule has 1 rings (SSSR count). The van der Waals surface area contributed by atoms with Crippen molar-refractivity contribution in [2.45, 2.75) is 19.8 Å². The van der Waals surface area contributed by atoms with Gasteiger partial charge in [0.15, 0.2) is 0 Å². The normalized spacial score (nSPS) is 12.6. The minimum Gasteiger partial charge on any atom is -0.507 e. The third kappa shape index (κ3) is 2.19. The van der Waals surface area contributed by atoms with Crippen molar-refractivity contribution >= 4 is 11.6 Å². The molecule has 1 aromatic rings. The van der Waals surface area contributed by atoms with E-state index in [4.69, 9.17) is 21.4 Å². The number of benzene rings is 1. The number of aliphatic hydroxyl groups is 1. The van der Waals surface area contributed by atoms with Gasteiger partial charge in [0, 0.05) is 23.7 Å². The van der Waals surface area contributed by atoms with E-state index in [-0.39, 0.29) is 18.3 Å². The quantitative estimate of drug-likeness (QED) is 0.839. The number of aliphatic hydroxyl groups excluding tert-OH is 1. The third-order valence-corrected chi connectivity index (χ3v) is 2.76. The van der Waals surface area contributed by atoms with Crippen LogP contribution in [0, 0.1) is 6.92 Å². The lowest BCUT2D eigenvalue weighted by Gasteiger charge is -2.16. The molecule has 2 N–H and O–H groups in total. The van der Waals surface area contributed by atoms with E-state index in [2.05, 4.69) is 0 Å². The Morgan fingerprint density at radius 2 is 2.13 bits per heavy atom. The van der Waals surface area contributed by atoms with Crippen LogP contribution < -0.4 is 4.74 Å². The summed E-state index contributed by atoms with van der Waals surface area (Å²) >= 11 is 5.99. The molecule has 1 unspecified atom stereocenters. The fourth-order valence-electron chi connectivity index (χ4n) is 1.50. The summed E-state index contributed by atoms with van der Waals surface area (Å²) in [5.74, 6) is 0.466. The fraction of sp³-hybridized carbons (Fsp3) is 0.455. The zero-order valence-electron chi connectivity index (χ0n) is 9.04. The first-order valence-corrected chi connectivity index (χ1v) is 5.07. The van der Waals surface area contributed by atoms with E-state index >= 15 is 0 Å². The molecule has 0 amide bonds. The van der Waals surface area contributed by atoms with E-state index in [1.807, 2.05) is 6.92 Å². The van der Waals surface area contributed by atoms with E-state index in [0.29, 0.717) is 21.9 Å². The van der Waals surface area contributed by atoms with Crippen LogP contribution >= 0.6 is 11.6 Å². The summed E-state index contributed by atoms with van der Waals surface area (Å²) in [6.07, 6.45) is 0. The molecule has 15 heavy (non-hydrogen) atoms. The Kier molecular flexibility index (Phi) is 3.83. The first-order valence-electron chi connectivity index (χ1n) is 4.69. The predicted octanol–water partition coefficient (Wildman–Crippen LogP) is 2.46. The molecular weight excluding hydrogens is 216 g/mol. The van der Waals surface area contributed by atoms with Crippen LogP contribution in [0.2, 0.25) is 5.02 Å². The standard InChI is InChI=1S/C11H15ClO3/c1-6(5-13)8-4-9(12)11(15-3)7(2)10(8)14/h4,6,13-14H,5H2,1-3H3. The van der Waals surface area contributed by atoms with Crippen LogP contribution in [0.25, 0.3) is 0 Å². The van der Waals surface area contributed by atoms with Crippen molar-refractivity contribution in [3.05, 3.63) is 22.2 Å². The first-order chi connectivity index (χ1) is 7.02. The summed E-state index contributed by atoms with van der Waals surface area (Å²) in [7, 11) is 1.50. The smallest absolute Gasteiger partial charge is 0.144 e. The summed E-state index contributed by atoms with van der Waals surface area (Å²) in [6, 6.07) is 1.63. The van der Waals surface area contributed by atoms with Crippen LogP contribution in [0.1, 0.15) is 24.0 Å². The van der Waals surface area contributed by atoms with Gasteiger partial charge in [-0.1, -0.05) is 18.5 Å². The van der Waals surface area contributed by atoms with Gasteiger partial charge < -0.3 is 14.9 Å². The van der Waals surface area contributed by atoms with Crippen molar-refractivity contribution in [2.75, 3.05) is 13.7 Å². The molecule has 0 saturated carbocycles. The number of hydrogen-bond acceptors (Lipinski definition) is 3. The number of halogens is 1. The Bertz CT molecular complexity index is 363. The van der Waals surface area contributed by atoms with Crippen molar-refractivity contribution in [2.24, 2.45) is 0 Å². The van der Waals surface area contributed by atoms with Gasteiger partial charge in [-0.3, -0.25) is 0 Å².